The standard InChI is InChI=1S/C19H29N5O.C4H10O2/c1-6-9-24(10-7-2)18-12-16(21-17(8-3)22-18)13-20-23-19-11-14(4)15(5)25-19;1-4(2,6)3-5/h11-13,23H,6-10H2,1-5H3;5-6H,3H2,1-2H3/b20-13+;. The molecule has 0 aliphatic carbocycles. The number of hydrazone groups is 1. The highest BCUT2D eigenvalue weighted by atomic mass is 16.4. The Morgan fingerprint density at radius 1 is 1.13 bits per heavy atom. The predicted octanol–water partition coefficient (Wildman–Crippen LogP) is 4.07. The largest absolute Gasteiger partial charge is 0.444 e. The van der Waals surface area contributed by atoms with Crippen LogP contribution in [0.2, 0.25) is 0 Å². The molecule has 0 aliphatic rings. The second-order valence-corrected chi connectivity index (χ2v) is 8.10. The van der Waals surface area contributed by atoms with E-state index in [-0.39, 0.29) is 6.61 Å². The fourth-order valence-electron chi connectivity index (χ4n) is 2.56. The van der Waals surface area contributed by atoms with Crippen LogP contribution in [0.4, 0.5) is 11.7 Å². The number of hydrogen-bond donors (Lipinski definition) is 3. The molecule has 8 heteroatoms. The van der Waals surface area contributed by atoms with Crippen molar-refractivity contribution in [2.75, 3.05) is 30.0 Å². The Hall–Kier alpha value is -2.45. The Bertz CT molecular complexity index is 787. The van der Waals surface area contributed by atoms with Gasteiger partial charge in [0.15, 0.2) is 0 Å². The Morgan fingerprint density at radius 2 is 1.74 bits per heavy atom. The summed E-state index contributed by atoms with van der Waals surface area (Å²) in [6.07, 6.45) is 4.69. The van der Waals surface area contributed by atoms with Gasteiger partial charge in [-0.25, -0.2) is 15.4 Å². The van der Waals surface area contributed by atoms with Gasteiger partial charge in [-0.3, -0.25) is 0 Å². The number of nitrogens with zero attached hydrogens (tertiary/aromatic N) is 4. The molecule has 0 saturated carbocycles. The molecule has 0 amide bonds. The first-order chi connectivity index (χ1) is 14.6. The van der Waals surface area contributed by atoms with Crippen LogP contribution in [0, 0.1) is 13.8 Å². The molecule has 0 aliphatic heterocycles. The average Bonchev–Trinajstić information content (AvgIpc) is 3.04. The first-order valence-electron chi connectivity index (χ1n) is 11.0. The van der Waals surface area contributed by atoms with Gasteiger partial charge in [-0.2, -0.15) is 5.10 Å². The van der Waals surface area contributed by atoms with Crippen molar-refractivity contribution in [1.82, 2.24) is 9.97 Å². The van der Waals surface area contributed by atoms with Gasteiger partial charge in [-0.1, -0.05) is 20.8 Å². The van der Waals surface area contributed by atoms with Crippen LogP contribution in [0.5, 0.6) is 0 Å². The summed E-state index contributed by atoms with van der Waals surface area (Å²) in [6.45, 7) is 15.3. The van der Waals surface area contributed by atoms with E-state index in [4.69, 9.17) is 14.6 Å². The summed E-state index contributed by atoms with van der Waals surface area (Å²) < 4.78 is 5.56. The maximum Gasteiger partial charge on any atom is 0.213 e. The lowest BCUT2D eigenvalue weighted by molar-refractivity contribution is 0.0183. The van der Waals surface area contributed by atoms with E-state index in [2.05, 4.69) is 46.2 Å². The highest BCUT2D eigenvalue weighted by Crippen LogP contribution is 2.18. The van der Waals surface area contributed by atoms with Crippen molar-refractivity contribution in [3.8, 4) is 0 Å². The first-order valence-corrected chi connectivity index (χ1v) is 11.0. The zero-order valence-corrected chi connectivity index (χ0v) is 20.1. The molecule has 2 aromatic rings. The summed E-state index contributed by atoms with van der Waals surface area (Å²) in [5.74, 6) is 3.34. The van der Waals surface area contributed by atoms with Crippen molar-refractivity contribution in [3.05, 3.63) is 35.0 Å². The molecule has 0 radical (unpaired) electrons. The minimum Gasteiger partial charge on any atom is -0.444 e. The molecule has 2 aromatic heterocycles. The third-order valence-corrected chi connectivity index (χ3v) is 4.33. The Morgan fingerprint density at radius 3 is 2.19 bits per heavy atom. The molecule has 174 valence electrons. The lowest BCUT2D eigenvalue weighted by atomic mass is 10.2. The topological polar surface area (TPSA) is 107 Å². The van der Waals surface area contributed by atoms with Crippen LogP contribution >= 0.6 is 0 Å². The number of nitrogens with one attached hydrogen (secondary N) is 1. The SMILES string of the molecule is CC(C)(O)CO.CCCN(CCC)c1cc(/C=N/Nc2cc(C)c(C)o2)nc(CC)n1. The molecular formula is C23H39N5O3. The van der Waals surface area contributed by atoms with Gasteiger partial charge in [-0.05, 0) is 46.1 Å². The number of aliphatic hydroxyl groups excluding tert-OH is 1. The van der Waals surface area contributed by atoms with E-state index in [1.165, 1.54) is 0 Å². The van der Waals surface area contributed by atoms with Gasteiger partial charge in [0.25, 0.3) is 0 Å². The molecular weight excluding hydrogens is 394 g/mol. The molecule has 3 N–H and O–H groups in total. The van der Waals surface area contributed by atoms with Crippen LogP contribution in [0.1, 0.15) is 70.3 Å². The number of furan rings is 1. The number of rotatable bonds is 10. The molecule has 0 unspecified atom stereocenters. The average molecular weight is 434 g/mol. The molecule has 0 bridgehead atoms. The zero-order valence-electron chi connectivity index (χ0n) is 20.1. The van der Waals surface area contributed by atoms with Gasteiger partial charge >= 0.3 is 0 Å². The third-order valence-electron chi connectivity index (χ3n) is 4.33. The number of anilines is 2. The summed E-state index contributed by atoms with van der Waals surface area (Å²) in [7, 11) is 0. The molecule has 8 nitrogen and oxygen atoms in total. The smallest absolute Gasteiger partial charge is 0.213 e. The van der Waals surface area contributed by atoms with Crippen LogP contribution in [0.25, 0.3) is 0 Å². The van der Waals surface area contributed by atoms with Crippen molar-refractivity contribution in [3.63, 3.8) is 0 Å². The summed E-state index contributed by atoms with van der Waals surface area (Å²) in [4.78, 5) is 11.5. The quantitative estimate of drug-likeness (QED) is 0.383. The highest BCUT2D eigenvalue weighted by Gasteiger charge is 2.10. The van der Waals surface area contributed by atoms with Crippen molar-refractivity contribution in [2.45, 2.75) is 73.3 Å². The monoisotopic (exact) mass is 433 g/mol. The summed E-state index contributed by atoms with van der Waals surface area (Å²) in [5.41, 5.74) is 3.92. The van der Waals surface area contributed by atoms with Crippen LogP contribution < -0.4 is 10.3 Å². The van der Waals surface area contributed by atoms with Crippen LogP contribution in [-0.4, -0.2) is 51.7 Å². The fraction of sp³-hybridized carbons (Fsp3) is 0.609. The lowest BCUT2D eigenvalue weighted by Gasteiger charge is -2.23. The molecule has 2 rings (SSSR count). The molecule has 0 spiro atoms. The highest BCUT2D eigenvalue weighted by molar-refractivity contribution is 5.78. The number of hydrogen-bond acceptors (Lipinski definition) is 8. The summed E-state index contributed by atoms with van der Waals surface area (Å²) >= 11 is 0. The number of aryl methyl sites for hydroxylation is 3. The van der Waals surface area contributed by atoms with Gasteiger partial charge in [0, 0.05) is 31.6 Å². The van der Waals surface area contributed by atoms with Crippen molar-refractivity contribution in [1.29, 1.82) is 0 Å². The normalized spacial score (nSPS) is 11.4. The molecule has 0 saturated heterocycles. The van der Waals surface area contributed by atoms with Crippen LogP contribution in [0.15, 0.2) is 21.7 Å². The second kappa shape index (κ2) is 13.1. The minimum absolute atomic E-state index is 0.174. The third kappa shape index (κ3) is 9.93. The first kappa shape index (κ1) is 26.6. The zero-order chi connectivity index (χ0) is 23.4. The Labute approximate surface area is 186 Å². The Kier molecular flexibility index (Phi) is 11.2. The van der Waals surface area contributed by atoms with Crippen molar-refractivity contribution < 1.29 is 14.6 Å². The Balaban J connectivity index is 0.000000703. The van der Waals surface area contributed by atoms with Gasteiger partial charge in [-0.15, -0.1) is 0 Å². The summed E-state index contributed by atoms with van der Waals surface area (Å²) in [6, 6.07) is 3.92. The van der Waals surface area contributed by atoms with Crippen molar-refractivity contribution >= 4 is 17.9 Å². The maximum absolute atomic E-state index is 8.58. The van der Waals surface area contributed by atoms with E-state index in [0.29, 0.717) is 5.88 Å². The predicted molar refractivity (Wildman–Crippen MR) is 127 cm³/mol. The maximum atomic E-state index is 8.58. The molecule has 0 fully saturated rings. The lowest BCUT2D eigenvalue weighted by Crippen LogP contribution is -2.26. The molecule has 31 heavy (non-hydrogen) atoms. The minimum atomic E-state index is -0.903. The van der Waals surface area contributed by atoms with E-state index in [0.717, 1.165) is 61.0 Å². The number of aromatic nitrogens is 2. The van der Waals surface area contributed by atoms with E-state index < -0.39 is 5.60 Å². The van der Waals surface area contributed by atoms with Gasteiger partial charge in [0.1, 0.15) is 17.4 Å². The van der Waals surface area contributed by atoms with E-state index in [1.807, 2.05) is 26.0 Å². The van der Waals surface area contributed by atoms with Crippen molar-refractivity contribution in [2.24, 2.45) is 5.10 Å². The van der Waals surface area contributed by atoms with E-state index >= 15 is 0 Å². The summed E-state index contributed by atoms with van der Waals surface area (Å²) in [5, 5.41) is 21.0. The van der Waals surface area contributed by atoms with Crippen LogP contribution in [-0.2, 0) is 6.42 Å². The van der Waals surface area contributed by atoms with E-state index in [1.54, 1.807) is 20.1 Å². The van der Waals surface area contributed by atoms with Gasteiger partial charge in [0.2, 0.25) is 5.88 Å². The van der Waals surface area contributed by atoms with Gasteiger partial charge < -0.3 is 19.5 Å². The number of aliphatic hydroxyl groups is 2. The fourth-order valence-corrected chi connectivity index (χ4v) is 2.56. The van der Waals surface area contributed by atoms with Gasteiger partial charge in [0.05, 0.1) is 24.1 Å². The van der Waals surface area contributed by atoms with Crippen LogP contribution in [0.3, 0.4) is 0 Å². The molecule has 0 aromatic carbocycles. The molecule has 0 atom stereocenters. The van der Waals surface area contributed by atoms with E-state index in [9.17, 15) is 0 Å². The molecule has 2 heterocycles. The second-order valence-electron chi connectivity index (χ2n) is 8.10.